The molecule has 2 amide bonds. The van der Waals surface area contributed by atoms with Gasteiger partial charge < -0.3 is 14.4 Å². The van der Waals surface area contributed by atoms with Crippen LogP contribution in [-0.2, 0) is 16.1 Å². The van der Waals surface area contributed by atoms with Crippen LogP contribution in [-0.4, -0.2) is 47.3 Å². The molecule has 0 aliphatic carbocycles. The summed E-state index contributed by atoms with van der Waals surface area (Å²) < 4.78 is 11.1. The third-order valence-electron chi connectivity index (χ3n) is 4.23. The summed E-state index contributed by atoms with van der Waals surface area (Å²) in [5, 5.41) is 8.73. The normalized spacial score (nSPS) is 17.5. The molecular formula is C17H24N2O5. The second-order valence-electron chi connectivity index (χ2n) is 6.59. The van der Waals surface area contributed by atoms with Crippen LogP contribution in [0, 0.1) is 0 Å². The number of nitrogens with one attached hydrogen (secondary N) is 1. The molecule has 7 heteroatoms. The minimum atomic E-state index is -0.603. The summed E-state index contributed by atoms with van der Waals surface area (Å²) in [6, 6.07) is 4.79. The molecule has 0 radical (unpaired) electrons. The van der Waals surface area contributed by atoms with Gasteiger partial charge in [-0.05, 0) is 32.9 Å². The van der Waals surface area contributed by atoms with Crippen LogP contribution >= 0.6 is 0 Å². The van der Waals surface area contributed by atoms with Crippen LogP contribution in [0.2, 0.25) is 0 Å². The molecule has 1 unspecified atom stereocenters. The number of rotatable bonds is 4. The van der Waals surface area contributed by atoms with Gasteiger partial charge in [-0.15, -0.1) is 0 Å². The maximum atomic E-state index is 12.7. The molecule has 1 heterocycles. The fraction of sp³-hybridized carbons (Fsp3) is 0.529. The quantitative estimate of drug-likeness (QED) is 0.646. The molecule has 0 bridgehead atoms. The first-order valence-corrected chi connectivity index (χ1v) is 7.82. The molecule has 0 saturated heterocycles. The predicted octanol–water partition coefficient (Wildman–Crippen LogP) is 1.73. The Labute approximate surface area is 141 Å². The Bertz CT molecular complexity index is 629. The molecule has 2 rings (SSSR count). The van der Waals surface area contributed by atoms with E-state index in [9.17, 15) is 9.59 Å². The second kappa shape index (κ2) is 7.19. The van der Waals surface area contributed by atoms with Gasteiger partial charge >= 0.3 is 0 Å². The SMILES string of the molecule is COC(C)(C)CC(=O)N1Cc2ccc(C(=O)NO)cc2OCC1C. The van der Waals surface area contributed by atoms with E-state index in [2.05, 4.69) is 0 Å². The van der Waals surface area contributed by atoms with Crippen LogP contribution in [0.1, 0.15) is 43.1 Å². The van der Waals surface area contributed by atoms with Gasteiger partial charge in [-0.25, -0.2) is 5.48 Å². The zero-order valence-electron chi connectivity index (χ0n) is 14.5. The third-order valence-corrected chi connectivity index (χ3v) is 4.23. The number of fused-ring (bicyclic) bond motifs is 1. The van der Waals surface area contributed by atoms with E-state index in [1.807, 2.05) is 20.8 Å². The Morgan fingerprint density at radius 2 is 2.17 bits per heavy atom. The van der Waals surface area contributed by atoms with Crippen molar-refractivity contribution in [2.24, 2.45) is 0 Å². The van der Waals surface area contributed by atoms with Crippen molar-refractivity contribution in [2.45, 2.75) is 45.4 Å². The van der Waals surface area contributed by atoms with Gasteiger partial charge in [-0.2, -0.15) is 0 Å². The lowest BCUT2D eigenvalue weighted by Crippen LogP contribution is -2.43. The fourth-order valence-corrected chi connectivity index (χ4v) is 2.54. The van der Waals surface area contributed by atoms with E-state index in [1.54, 1.807) is 35.7 Å². The van der Waals surface area contributed by atoms with E-state index < -0.39 is 11.5 Å². The summed E-state index contributed by atoms with van der Waals surface area (Å²) in [6.07, 6.45) is 0.272. The Hall–Kier alpha value is -2.12. The van der Waals surface area contributed by atoms with Crippen molar-refractivity contribution in [3.63, 3.8) is 0 Å². The van der Waals surface area contributed by atoms with Gasteiger partial charge in [-0.3, -0.25) is 14.8 Å². The summed E-state index contributed by atoms with van der Waals surface area (Å²) in [7, 11) is 1.59. The van der Waals surface area contributed by atoms with E-state index in [0.717, 1.165) is 5.56 Å². The maximum absolute atomic E-state index is 12.7. The van der Waals surface area contributed by atoms with Crippen LogP contribution in [0.15, 0.2) is 18.2 Å². The van der Waals surface area contributed by atoms with Gasteiger partial charge in [0.1, 0.15) is 12.4 Å². The van der Waals surface area contributed by atoms with Gasteiger partial charge in [-0.1, -0.05) is 6.07 Å². The van der Waals surface area contributed by atoms with Crippen molar-refractivity contribution < 1.29 is 24.3 Å². The van der Waals surface area contributed by atoms with Gasteiger partial charge in [0, 0.05) is 24.8 Å². The molecule has 0 aromatic heterocycles. The number of hydrogen-bond donors (Lipinski definition) is 2. The summed E-state index contributed by atoms with van der Waals surface area (Å²) >= 11 is 0. The molecule has 1 aromatic rings. The number of carbonyl (C=O) groups is 2. The standard InChI is InChI=1S/C17H24N2O5/c1-11-10-24-14-7-12(16(21)18-22)5-6-13(14)9-19(11)15(20)8-17(2,3)23-4/h5-7,11,22H,8-10H2,1-4H3,(H,18,21). The first-order valence-electron chi connectivity index (χ1n) is 7.82. The van der Waals surface area contributed by atoms with Crippen LogP contribution < -0.4 is 10.2 Å². The van der Waals surface area contributed by atoms with Gasteiger partial charge in [0.15, 0.2) is 0 Å². The molecule has 132 valence electrons. The van der Waals surface area contributed by atoms with Crippen LogP contribution in [0.4, 0.5) is 0 Å². The molecule has 2 N–H and O–H groups in total. The lowest BCUT2D eigenvalue weighted by Gasteiger charge is -2.30. The number of amides is 2. The highest BCUT2D eigenvalue weighted by molar-refractivity contribution is 5.93. The van der Waals surface area contributed by atoms with Crippen LogP contribution in [0.5, 0.6) is 5.75 Å². The van der Waals surface area contributed by atoms with E-state index >= 15 is 0 Å². The summed E-state index contributed by atoms with van der Waals surface area (Å²) in [5.41, 5.74) is 2.18. The van der Waals surface area contributed by atoms with Gasteiger partial charge in [0.05, 0.1) is 18.1 Å². The smallest absolute Gasteiger partial charge is 0.274 e. The minimum Gasteiger partial charge on any atom is -0.491 e. The van der Waals surface area contributed by atoms with Crippen LogP contribution in [0.25, 0.3) is 0 Å². The molecule has 0 fully saturated rings. The van der Waals surface area contributed by atoms with E-state index in [4.69, 9.17) is 14.7 Å². The maximum Gasteiger partial charge on any atom is 0.274 e. The Morgan fingerprint density at radius 1 is 1.46 bits per heavy atom. The molecule has 24 heavy (non-hydrogen) atoms. The Balaban J connectivity index is 2.23. The van der Waals surface area contributed by atoms with Crippen molar-refractivity contribution in [3.05, 3.63) is 29.3 Å². The zero-order chi connectivity index (χ0) is 17.9. The molecule has 0 saturated carbocycles. The van der Waals surface area contributed by atoms with E-state index in [0.29, 0.717) is 24.5 Å². The zero-order valence-corrected chi connectivity index (χ0v) is 14.5. The van der Waals surface area contributed by atoms with E-state index in [-0.39, 0.29) is 18.4 Å². The Kier molecular flexibility index (Phi) is 5.46. The number of benzene rings is 1. The van der Waals surface area contributed by atoms with Gasteiger partial charge in [0.25, 0.3) is 5.91 Å². The number of carbonyl (C=O) groups excluding carboxylic acids is 2. The highest BCUT2D eigenvalue weighted by atomic mass is 16.5. The molecule has 0 spiro atoms. The Morgan fingerprint density at radius 3 is 2.79 bits per heavy atom. The van der Waals surface area contributed by atoms with Gasteiger partial charge in [0.2, 0.25) is 5.91 Å². The number of nitrogens with zero attached hydrogens (tertiary/aromatic N) is 1. The first-order chi connectivity index (χ1) is 11.3. The van der Waals surface area contributed by atoms with Crippen molar-refractivity contribution in [3.8, 4) is 5.75 Å². The van der Waals surface area contributed by atoms with Crippen molar-refractivity contribution in [2.75, 3.05) is 13.7 Å². The largest absolute Gasteiger partial charge is 0.491 e. The number of hydrogen-bond acceptors (Lipinski definition) is 5. The molecule has 7 nitrogen and oxygen atoms in total. The third kappa shape index (κ3) is 4.04. The van der Waals surface area contributed by atoms with Crippen molar-refractivity contribution in [1.29, 1.82) is 0 Å². The topological polar surface area (TPSA) is 88.1 Å². The molecule has 1 aliphatic heterocycles. The summed E-state index contributed by atoms with van der Waals surface area (Å²) in [5.74, 6) is -0.0688. The monoisotopic (exact) mass is 336 g/mol. The first kappa shape index (κ1) is 18.2. The fourth-order valence-electron chi connectivity index (χ4n) is 2.54. The van der Waals surface area contributed by atoms with Crippen molar-refractivity contribution >= 4 is 11.8 Å². The average Bonchev–Trinajstić information content (AvgIpc) is 2.72. The number of methoxy groups -OCH3 is 1. The van der Waals surface area contributed by atoms with Crippen LogP contribution in [0.3, 0.4) is 0 Å². The predicted molar refractivity (Wildman–Crippen MR) is 86.9 cm³/mol. The number of hydroxylamine groups is 1. The number of ether oxygens (including phenoxy) is 2. The lowest BCUT2D eigenvalue weighted by molar-refractivity contribution is -0.139. The highest BCUT2D eigenvalue weighted by Crippen LogP contribution is 2.28. The molecular weight excluding hydrogens is 312 g/mol. The minimum absolute atomic E-state index is 0.0111. The molecule has 1 aromatic carbocycles. The summed E-state index contributed by atoms with van der Waals surface area (Å²) in [6.45, 7) is 6.40. The van der Waals surface area contributed by atoms with Crippen molar-refractivity contribution in [1.82, 2.24) is 10.4 Å². The summed E-state index contributed by atoms with van der Waals surface area (Å²) in [4.78, 5) is 25.9. The highest BCUT2D eigenvalue weighted by Gasteiger charge is 2.30. The average molecular weight is 336 g/mol. The lowest BCUT2D eigenvalue weighted by atomic mass is 10.0. The van der Waals surface area contributed by atoms with E-state index in [1.165, 1.54) is 0 Å². The molecule has 1 atom stereocenters. The second-order valence-corrected chi connectivity index (χ2v) is 6.59. The molecule has 1 aliphatic rings.